The minimum absolute atomic E-state index is 0.0531. The highest BCUT2D eigenvalue weighted by molar-refractivity contribution is 9.10. The summed E-state index contributed by atoms with van der Waals surface area (Å²) in [6.45, 7) is 9.34. The molecule has 0 rings (SSSR count). The molecule has 0 aromatic carbocycles. The third-order valence-corrected chi connectivity index (χ3v) is 3.82. The maximum absolute atomic E-state index is 11.5. The lowest BCUT2D eigenvalue weighted by Gasteiger charge is -2.13. The van der Waals surface area contributed by atoms with Gasteiger partial charge in [0.2, 0.25) is 5.91 Å². The molecule has 0 saturated carbocycles. The molecule has 2 nitrogen and oxygen atoms in total. The first-order valence-corrected chi connectivity index (χ1v) is 6.78. The zero-order valence-corrected chi connectivity index (χ0v) is 11.9. The fourth-order valence-electron chi connectivity index (χ4n) is 1.29. The van der Waals surface area contributed by atoms with Crippen LogP contribution in [0.15, 0.2) is 0 Å². The predicted molar refractivity (Wildman–Crippen MR) is 69.3 cm³/mol. The standard InChI is InChI=1S/C12H24BrNO/c1-9(2)7-5-6-8-14-12(15)11(13)10(3)4/h9-11H,5-8H2,1-4H3,(H,14,15). The average Bonchev–Trinajstić information content (AvgIpc) is 2.15. The Kier molecular flexibility index (Phi) is 8.12. The average molecular weight is 278 g/mol. The van der Waals surface area contributed by atoms with E-state index in [1.54, 1.807) is 0 Å². The number of carbonyl (C=O) groups excluding carboxylic acids is 1. The van der Waals surface area contributed by atoms with E-state index in [1.807, 2.05) is 13.8 Å². The number of amides is 1. The van der Waals surface area contributed by atoms with E-state index in [-0.39, 0.29) is 10.7 Å². The maximum Gasteiger partial charge on any atom is 0.234 e. The van der Waals surface area contributed by atoms with Crippen molar-refractivity contribution in [1.29, 1.82) is 0 Å². The van der Waals surface area contributed by atoms with Crippen LogP contribution < -0.4 is 5.32 Å². The SMILES string of the molecule is CC(C)CCCCNC(=O)C(Br)C(C)C. The van der Waals surface area contributed by atoms with Gasteiger partial charge in [-0.2, -0.15) is 0 Å². The predicted octanol–water partition coefficient (Wildman–Crippen LogP) is 3.35. The van der Waals surface area contributed by atoms with Gasteiger partial charge >= 0.3 is 0 Å². The molecule has 0 heterocycles. The summed E-state index contributed by atoms with van der Waals surface area (Å²) in [7, 11) is 0. The molecule has 0 fully saturated rings. The Bertz CT molecular complexity index is 180. The van der Waals surface area contributed by atoms with Crippen LogP contribution >= 0.6 is 15.9 Å². The highest BCUT2D eigenvalue weighted by Crippen LogP contribution is 2.11. The van der Waals surface area contributed by atoms with E-state index in [4.69, 9.17) is 0 Å². The number of hydrogen-bond donors (Lipinski definition) is 1. The summed E-state index contributed by atoms with van der Waals surface area (Å²) in [5.41, 5.74) is 0. The van der Waals surface area contributed by atoms with Crippen LogP contribution in [0.5, 0.6) is 0 Å². The zero-order chi connectivity index (χ0) is 11.8. The summed E-state index contributed by atoms with van der Waals surface area (Å²) in [4.78, 5) is 11.5. The van der Waals surface area contributed by atoms with Gasteiger partial charge in [0.1, 0.15) is 0 Å². The molecule has 0 saturated heterocycles. The first-order valence-electron chi connectivity index (χ1n) is 5.87. The fraction of sp³-hybridized carbons (Fsp3) is 0.917. The number of rotatable bonds is 7. The first-order chi connectivity index (χ1) is 6.95. The highest BCUT2D eigenvalue weighted by Gasteiger charge is 2.17. The molecular weight excluding hydrogens is 254 g/mol. The minimum atomic E-state index is -0.0531. The molecular formula is C12H24BrNO. The van der Waals surface area contributed by atoms with Crippen molar-refractivity contribution >= 4 is 21.8 Å². The topological polar surface area (TPSA) is 29.1 Å². The van der Waals surface area contributed by atoms with Gasteiger partial charge in [-0.15, -0.1) is 0 Å². The van der Waals surface area contributed by atoms with Gasteiger partial charge in [0.15, 0.2) is 0 Å². The number of halogens is 1. The first kappa shape index (κ1) is 14.9. The molecule has 0 spiro atoms. The quantitative estimate of drug-likeness (QED) is 0.561. The summed E-state index contributed by atoms with van der Waals surface area (Å²) in [5.74, 6) is 1.23. The molecule has 0 aromatic heterocycles. The van der Waals surface area contributed by atoms with E-state index < -0.39 is 0 Å². The Morgan fingerprint density at radius 3 is 2.27 bits per heavy atom. The van der Waals surface area contributed by atoms with Crippen molar-refractivity contribution in [2.24, 2.45) is 11.8 Å². The molecule has 3 heteroatoms. The van der Waals surface area contributed by atoms with Crippen LogP contribution in [-0.2, 0) is 4.79 Å². The van der Waals surface area contributed by atoms with Gasteiger partial charge in [0.05, 0.1) is 4.83 Å². The van der Waals surface area contributed by atoms with Gasteiger partial charge in [0, 0.05) is 6.54 Å². The van der Waals surface area contributed by atoms with E-state index in [9.17, 15) is 4.79 Å². The van der Waals surface area contributed by atoms with Crippen LogP contribution in [-0.4, -0.2) is 17.3 Å². The summed E-state index contributed by atoms with van der Waals surface area (Å²) in [6, 6.07) is 0. The third kappa shape index (κ3) is 7.83. The summed E-state index contributed by atoms with van der Waals surface area (Å²) in [5, 5.41) is 2.95. The smallest absolute Gasteiger partial charge is 0.234 e. The molecule has 0 aromatic rings. The van der Waals surface area contributed by atoms with Gasteiger partial charge in [0.25, 0.3) is 0 Å². The van der Waals surface area contributed by atoms with Gasteiger partial charge in [-0.05, 0) is 18.3 Å². The number of hydrogen-bond acceptors (Lipinski definition) is 1. The van der Waals surface area contributed by atoms with E-state index in [2.05, 4.69) is 35.1 Å². The van der Waals surface area contributed by atoms with E-state index in [1.165, 1.54) is 12.8 Å². The number of alkyl halides is 1. The molecule has 0 radical (unpaired) electrons. The van der Waals surface area contributed by atoms with Gasteiger partial charge < -0.3 is 5.32 Å². The molecule has 0 aliphatic rings. The highest BCUT2D eigenvalue weighted by atomic mass is 79.9. The molecule has 1 amide bonds. The number of carbonyl (C=O) groups is 1. The zero-order valence-electron chi connectivity index (χ0n) is 10.3. The summed E-state index contributed by atoms with van der Waals surface area (Å²) >= 11 is 3.39. The van der Waals surface area contributed by atoms with Crippen molar-refractivity contribution < 1.29 is 4.79 Å². The van der Waals surface area contributed by atoms with Crippen LogP contribution in [0.2, 0.25) is 0 Å². The van der Waals surface area contributed by atoms with Crippen LogP contribution in [0.3, 0.4) is 0 Å². The van der Waals surface area contributed by atoms with Crippen LogP contribution in [0, 0.1) is 11.8 Å². The van der Waals surface area contributed by atoms with Crippen molar-refractivity contribution in [2.45, 2.75) is 51.8 Å². The second-order valence-corrected chi connectivity index (χ2v) is 5.81. The van der Waals surface area contributed by atoms with Crippen molar-refractivity contribution in [3.63, 3.8) is 0 Å². The Morgan fingerprint density at radius 2 is 1.80 bits per heavy atom. The lowest BCUT2D eigenvalue weighted by molar-refractivity contribution is -0.121. The van der Waals surface area contributed by atoms with Crippen LogP contribution in [0.1, 0.15) is 47.0 Å². The van der Waals surface area contributed by atoms with Crippen molar-refractivity contribution in [2.75, 3.05) is 6.54 Å². The summed E-state index contributed by atoms with van der Waals surface area (Å²) < 4.78 is 0. The Labute approximate surface area is 102 Å². The van der Waals surface area contributed by atoms with Crippen LogP contribution in [0.25, 0.3) is 0 Å². The monoisotopic (exact) mass is 277 g/mol. The molecule has 15 heavy (non-hydrogen) atoms. The number of nitrogens with one attached hydrogen (secondary N) is 1. The fourth-order valence-corrected chi connectivity index (χ4v) is 1.45. The molecule has 1 unspecified atom stereocenters. The normalized spacial score (nSPS) is 13.3. The van der Waals surface area contributed by atoms with Crippen molar-refractivity contribution in [3.05, 3.63) is 0 Å². The summed E-state index contributed by atoms with van der Waals surface area (Å²) in [6.07, 6.45) is 3.53. The maximum atomic E-state index is 11.5. The molecule has 1 atom stereocenters. The van der Waals surface area contributed by atoms with Gasteiger partial charge in [-0.1, -0.05) is 56.5 Å². The number of unbranched alkanes of at least 4 members (excludes halogenated alkanes) is 1. The molecule has 90 valence electrons. The molecule has 0 bridgehead atoms. The largest absolute Gasteiger partial charge is 0.355 e. The molecule has 0 aliphatic carbocycles. The lowest BCUT2D eigenvalue weighted by atomic mass is 10.1. The van der Waals surface area contributed by atoms with E-state index in [0.717, 1.165) is 18.9 Å². The lowest BCUT2D eigenvalue weighted by Crippen LogP contribution is -2.34. The second-order valence-electron chi connectivity index (χ2n) is 4.83. The molecule has 1 N–H and O–H groups in total. The molecule has 0 aliphatic heterocycles. The van der Waals surface area contributed by atoms with Gasteiger partial charge in [-0.3, -0.25) is 4.79 Å². The Morgan fingerprint density at radius 1 is 1.20 bits per heavy atom. The van der Waals surface area contributed by atoms with Gasteiger partial charge in [-0.25, -0.2) is 0 Å². The van der Waals surface area contributed by atoms with Crippen LogP contribution in [0.4, 0.5) is 0 Å². The van der Waals surface area contributed by atoms with Crippen molar-refractivity contribution in [1.82, 2.24) is 5.32 Å². The Balaban J connectivity index is 3.47. The Hall–Kier alpha value is -0.0500. The minimum Gasteiger partial charge on any atom is -0.355 e. The second kappa shape index (κ2) is 8.14. The van der Waals surface area contributed by atoms with E-state index >= 15 is 0 Å². The van der Waals surface area contributed by atoms with E-state index in [0.29, 0.717) is 5.92 Å². The third-order valence-electron chi connectivity index (χ3n) is 2.34. The van der Waals surface area contributed by atoms with Crippen molar-refractivity contribution in [3.8, 4) is 0 Å².